The molecular formula is C20H19ClN4OS. The molecule has 138 valence electrons. The summed E-state index contributed by atoms with van der Waals surface area (Å²) in [5, 5.41) is 11.5. The fourth-order valence-corrected chi connectivity index (χ4v) is 3.78. The van der Waals surface area contributed by atoms with Crippen molar-refractivity contribution in [2.75, 3.05) is 12.4 Å². The standard InChI is InChI=1S/C20H19ClN4OS/c1-13-11-14(7-8-17(13)21)26-9-10-27-20-24-23-19(25(20)2)16-12-22-18-6-4-3-5-15(16)18/h3-8,11-12,22H,9-10H2,1-2H3. The highest BCUT2D eigenvalue weighted by atomic mass is 35.5. The van der Waals surface area contributed by atoms with Crippen molar-refractivity contribution in [3.63, 3.8) is 0 Å². The Bertz CT molecular complexity index is 1090. The molecular weight excluding hydrogens is 380 g/mol. The highest BCUT2D eigenvalue weighted by Gasteiger charge is 2.14. The van der Waals surface area contributed by atoms with Crippen molar-refractivity contribution in [1.82, 2.24) is 19.7 Å². The molecule has 1 N–H and O–H groups in total. The van der Waals surface area contributed by atoms with E-state index >= 15 is 0 Å². The Balaban J connectivity index is 1.41. The molecule has 0 spiro atoms. The Hall–Kier alpha value is -2.44. The Labute approximate surface area is 166 Å². The highest BCUT2D eigenvalue weighted by Crippen LogP contribution is 2.29. The molecule has 0 aliphatic rings. The van der Waals surface area contributed by atoms with Gasteiger partial charge in [0.25, 0.3) is 0 Å². The number of para-hydroxylation sites is 1. The SMILES string of the molecule is Cc1cc(OCCSc2nnc(-c3c[nH]c4ccccc34)n2C)ccc1Cl. The molecule has 4 rings (SSSR count). The van der Waals surface area contributed by atoms with E-state index < -0.39 is 0 Å². The van der Waals surface area contributed by atoms with E-state index in [0.717, 1.165) is 49.5 Å². The van der Waals surface area contributed by atoms with E-state index in [-0.39, 0.29) is 0 Å². The molecule has 0 radical (unpaired) electrons. The molecule has 5 nitrogen and oxygen atoms in total. The van der Waals surface area contributed by atoms with E-state index in [9.17, 15) is 0 Å². The normalized spacial score (nSPS) is 11.2. The number of aryl methyl sites for hydroxylation is 1. The van der Waals surface area contributed by atoms with E-state index in [0.29, 0.717) is 6.61 Å². The van der Waals surface area contributed by atoms with Gasteiger partial charge in [0.15, 0.2) is 11.0 Å². The highest BCUT2D eigenvalue weighted by molar-refractivity contribution is 7.99. The second-order valence-electron chi connectivity index (χ2n) is 6.22. The summed E-state index contributed by atoms with van der Waals surface area (Å²) in [7, 11) is 1.99. The number of aromatic amines is 1. The van der Waals surface area contributed by atoms with Crippen molar-refractivity contribution >= 4 is 34.3 Å². The summed E-state index contributed by atoms with van der Waals surface area (Å²) < 4.78 is 7.82. The van der Waals surface area contributed by atoms with Crippen LogP contribution in [0.3, 0.4) is 0 Å². The Morgan fingerprint density at radius 1 is 1.19 bits per heavy atom. The molecule has 0 atom stereocenters. The lowest BCUT2D eigenvalue weighted by Gasteiger charge is -2.07. The summed E-state index contributed by atoms with van der Waals surface area (Å²) in [6.45, 7) is 2.55. The maximum Gasteiger partial charge on any atom is 0.191 e. The second kappa shape index (κ2) is 7.66. The summed E-state index contributed by atoms with van der Waals surface area (Å²) >= 11 is 7.67. The Morgan fingerprint density at radius 3 is 2.89 bits per heavy atom. The smallest absolute Gasteiger partial charge is 0.191 e. The van der Waals surface area contributed by atoms with Crippen LogP contribution >= 0.6 is 23.4 Å². The van der Waals surface area contributed by atoms with Crippen molar-refractivity contribution in [1.29, 1.82) is 0 Å². The molecule has 0 aliphatic heterocycles. The maximum atomic E-state index is 6.04. The second-order valence-corrected chi connectivity index (χ2v) is 7.69. The molecule has 0 saturated carbocycles. The fraction of sp³-hybridized carbons (Fsp3) is 0.200. The quantitative estimate of drug-likeness (QED) is 0.363. The minimum atomic E-state index is 0.584. The minimum Gasteiger partial charge on any atom is -0.493 e. The third kappa shape index (κ3) is 3.68. The number of H-pyrrole nitrogens is 1. The zero-order chi connectivity index (χ0) is 18.8. The molecule has 27 heavy (non-hydrogen) atoms. The van der Waals surface area contributed by atoms with Crippen LogP contribution in [-0.4, -0.2) is 32.1 Å². The van der Waals surface area contributed by atoms with Crippen molar-refractivity contribution < 1.29 is 4.74 Å². The van der Waals surface area contributed by atoms with Gasteiger partial charge in [-0.05, 0) is 36.8 Å². The van der Waals surface area contributed by atoms with Crippen LogP contribution in [0.1, 0.15) is 5.56 Å². The lowest BCUT2D eigenvalue weighted by atomic mass is 10.1. The van der Waals surface area contributed by atoms with Crippen molar-refractivity contribution in [2.45, 2.75) is 12.1 Å². The first-order chi connectivity index (χ1) is 13.1. The largest absolute Gasteiger partial charge is 0.493 e. The van der Waals surface area contributed by atoms with Crippen molar-refractivity contribution in [3.05, 3.63) is 59.2 Å². The van der Waals surface area contributed by atoms with E-state index in [4.69, 9.17) is 16.3 Å². The number of thioether (sulfide) groups is 1. The van der Waals surface area contributed by atoms with Gasteiger partial charge in [0, 0.05) is 40.5 Å². The molecule has 0 fully saturated rings. The first-order valence-corrected chi connectivity index (χ1v) is 9.97. The van der Waals surface area contributed by atoms with Gasteiger partial charge in [0.1, 0.15) is 5.75 Å². The van der Waals surface area contributed by atoms with Gasteiger partial charge in [0.2, 0.25) is 0 Å². The van der Waals surface area contributed by atoms with Crippen LogP contribution in [0.5, 0.6) is 5.75 Å². The molecule has 2 aromatic carbocycles. The maximum absolute atomic E-state index is 6.04. The molecule has 7 heteroatoms. The summed E-state index contributed by atoms with van der Waals surface area (Å²) in [4.78, 5) is 3.28. The number of ether oxygens (including phenoxy) is 1. The molecule has 2 heterocycles. The average molecular weight is 399 g/mol. The third-order valence-electron chi connectivity index (χ3n) is 4.38. The average Bonchev–Trinajstić information content (AvgIpc) is 3.25. The molecule has 0 unspecified atom stereocenters. The number of fused-ring (bicyclic) bond motifs is 1. The van der Waals surface area contributed by atoms with Crippen molar-refractivity contribution in [3.8, 4) is 17.1 Å². The summed E-state index contributed by atoms with van der Waals surface area (Å²) in [6, 6.07) is 13.9. The van der Waals surface area contributed by atoms with Gasteiger partial charge >= 0.3 is 0 Å². The Kier molecular flexibility index (Phi) is 5.09. The number of nitrogens with one attached hydrogen (secondary N) is 1. The monoisotopic (exact) mass is 398 g/mol. The zero-order valence-electron chi connectivity index (χ0n) is 15.1. The topological polar surface area (TPSA) is 55.7 Å². The summed E-state index contributed by atoms with van der Waals surface area (Å²) in [5.41, 5.74) is 3.16. The van der Waals surface area contributed by atoms with Crippen LogP contribution < -0.4 is 4.74 Å². The number of nitrogens with zero attached hydrogens (tertiary/aromatic N) is 3. The number of aromatic nitrogens is 4. The Morgan fingerprint density at radius 2 is 2.04 bits per heavy atom. The van der Waals surface area contributed by atoms with Crippen LogP contribution in [0, 0.1) is 6.92 Å². The number of rotatable bonds is 6. The van der Waals surface area contributed by atoms with Crippen LogP contribution in [0.2, 0.25) is 5.02 Å². The van der Waals surface area contributed by atoms with Crippen LogP contribution in [0.15, 0.2) is 53.8 Å². The van der Waals surface area contributed by atoms with E-state index in [2.05, 4.69) is 27.3 Å². The van der Waals surface area contributed by atoms with Gasteiger partial charge < -0.3 is 14.3 Å². The summed E-state index contributed by atoms with van der Waals surface area (Å²) in [6.07, 6.45) is 1.98. The van der Waals surface area contributed by atoms with Crippen LogP contribution in [-0.2, 0) is 7.05 Å². The summed E-state index contributed by atoms with van der Waals surface area (Å²) in [5.74, 6) is 2.46. The zero-order valence-corrected chi connectivity index (χ0v) is 16.6. The van der Waals surface area contributed by atoms with Gasteiger partial charge in [-0.3, -0.25) is 0 Å². The first-order valence-electron chi connectivity index (χ1n) is 8.61. The van der Waals surface area contributed by atoms with E-state index in [1.807, 2.05) is 55.1 Å². The van der Waals surface area contributed by atoms with Gasteiger partial charge in [-0.2, -0.15) is 0 Å². The molecule has 0 amide bonds. The molecule has 0 bridgehead atoms. The molecule has 4 aromatic rings. The van der Waals surface area contributed by atoms with Gasteiger partial charge in [-0.1, -0.05) is 41.6 Å². The predicted molar refractivity (Wildman–Crippen MR) is 111 cm³/mol. The van der Waals surface area contributed by atoms with Gasteiger partial charge in [0.05, 0.1) is 6.61 Å². The van der Waals surface area contributed by atoms with Crippen molar-refractivity contribution in [2.24, 2.45) is 7.05 Å². The lowest BCUT2D eigenvalue weighted by molar-refractivity contribution is 0.343. The van der Waals surface area contributed by atoms with Crippen LogP contribution in [0.4, 0.5) is 0 Å². The fourth-order valence-electron chi connectivity index (χ4n) is 2.93. The lowest BCUT2D eigenvalue weighted by Crippen LogP contribution is -2.02. The third-order valence-corrected chi connectivity index (χ3v) is 5.79. The van der Waals surface area contributed by atoms with E-state index in [1.165, 1.54) is 0 Å². The number of halogens is 1. The number of hydrogen-bond donors (Lipinski definition) is 1. The number of hydrogen-bond acceptors (Lipinski definition) is 4. The molecule has 0 aliphatic carbocycles. The first kappa shape index (κ1) is 17.9. The van der Waals surface area contributed by atoms with Gasteiger partial charge in [-0.25, -0.2) is 0 Å². The molecule has 2 aromatic heterocycles. The van der Waals surface area contributed by atoms with E-state index in [1.54, 1.807) is 11.8 Å². The number of benzene rings is 2. The van der Waals surface area contributed by atoms with Crippen LogP contribution in [0.25, 0.3) is 22.3 Å². The predicted octanol–water partition coefficient (Wildman–Crippen LogP) is 5.10. The minimum absolute atomic E-state index is 0.584. The molecule has 0 saturated heterocycles. The van der Waals surface area contributed by atoms with Gasteiger partial charge in [-0.15, -0.1) is 10.2 Å².